The fraction of sp³-hybridized carbons (Fsp3) is 0.857. The zero-order chi connectivity index (χ0) is 13.1. The SMILES string of the molecule is CC1CCCC(NCc2ncnn2C(C)C)C1C. The first-order chi connectivity index (χ1) is 8.59. The summed E-state index contributed by atoms with van der Waals surface area (Å²) in [6.45, 7) is 9.86. The summed E-state index contributed by atoms with van der Waals surface area (Å²) < 4.78 is 2.00. The second-order valence-electron chi connectivity index (χ2n) is 5.97. The minimum atomic E-state index is 0.381. The van der Waals surface area contributed by atoms with Crippen molar-refractivity contribution in [3.63, 3.8) is 0 Å². The van der Waals surface area contributed by atoms with E-state index in [4.69, 9.17) is 0 Å². The Kier molecular flexibility index (Phi) is 4.38. The van der Waals surface area contributed by atoms with Crippen LogP contribution in [-0.4, -0.2) is 20.8 Å². The van der Waals surface area contributed by atoms with Crippen LogP contribution in [0.3, 0.4) is 0 Å². The Labute approximate surface area is 110 Å². The van der Waals surface area contributed by atoms with Crippen LogP contribution in [0.1, 0.15) is 58.8 Å². The van der Waals surface area contributed by atoms with Crippen LogP contribution in [0.5, 0.6) is 0 Å². The lowest BCUT2D eigenvalue weighted by Crippen LogP contribution is -2.40. The molecule has 1 heterocycles. The molecule has 0 amide bonds. The Morgan fingerprint density at radius 1 is 1.39 bits per heavy atom. The van der Waals surface area contributed by atoms with Gasteiger partial charge in [0.25, 0.3) is 0 Å². The quantitative estimate of drug-likeness (QED) is 0.893. The molecule has 1 saturated carbocycles. The predicted octanol–water partition coefficient (Wildman–Crippen LogP) is 2.77. The van der Waals surface area contributed by atoms with Crippen molar-refractivity contribution in [1.29, 1.82) is 0 Å². The zero-order valence-corrected chi connectivity index (χ0v) is 12.1. The number of aromatic nitrogens is 3. The van der Waals surface area contributed by atoms with Gasteiger partial charge in [-0.15, -0.1) is 0 Å². The maximum absolute atomic E-state index is 4.36. The number of hydrogen-bond donors (Lipinski definition) is 1. The summed E-state index contributed by atoms with van der Waals surface area (Å²) in [7, 11) is 0. The summed E-state index contributed by atoms with van der Waals surface area (Å²) in [6, 6.07) is 1.01. The molecule has 1 aliphatic rings. The molecule has 4 nitrogen and oxygen atoms in total. The molecule has 1 fully saturated rings. The molecule has 0 spiro atoms. The molecule has 1 aromatic rings. The van der Waals surface area contributed by atoms with E-state index in [0.717, 1.165) is 24.2 Å². The summed E-state index contributed by atoms with van der Waals surface area (Å²) >= 11 is 0. The highest BCUT2D eigenvalue weighted by atomic mass is 15.4. The molecule has 4 heteroatoms. The molecular weight excluding hydrogens is 224 g/mol. The smallest absolute Gasteiger partial charge is 0.141 e. The Bertz CT molecular complexity index is 372. The maximum atomic E-state index is 4.36. The van der Waals surface area contributed by atoms with Gasteiger partial charge in [-0.2, -0.15) is 5.10 Å². The first kappa shape index (κ1) is 13.5. The van der Waals surface area contributed by atoms with Crippen LogP contribution < -0.4 is 5.32 Å². The van der Waals surface area contributed by atoms with Crippen molar-refractivity contribution in [1.82, 2.24) is 20.1 Å². The van der Waals surface area contributed by atoms with E-state index in [1.807, 2.05) is 4.68 Å². The molecule has 0 bridgehead atoms. The van der Waals surface area contributed by atoms with E-state index in [0.29, 0.717) is 12.1 Å². The molecule has 1 aromatic heterocycles. The fourth-order valence-electron chi connectivity index (χ4n) is 2.92. The highest BCUT2D eigenvalue weighted by molar-refractivity contribution is 4.89. The Morgan fingerprint density at radius 3 is 2.89 bits per heavy atom. The molecule has 18 heavy (non-hydrogen) atoms. The Hall–Kier alpha value is -0.900. The summed E-state index contributed by atoms with van der Waals surface area (Å²) in [6.07, 6.45) is 5.67. The van der Waals surface area contributed by atoms with Crippen molar-refractivity contribution in [2.75, 3.05) is 0 Å². The van der Waals surface area contributed by atoms with Gasteiger partial charge in [0.15, 0.2) is 0 Å². The lowest BCUT2D eigenvalue weighted by molar-refractivity contribution is 0.204. The second kappa shape index (κ2) is 5.83. The molecule has 0 aromatic carbocycles. The van der Waals surface area contributed by atoms with Gasteiger partial charge in [0.1, 0.15) is 12.2 Å². The number of rotatable bonds is 4. The van der Waals surface area contributed by atoms with E-state index in [-0.39, 0.29) is 0 Å². The van der Waals surface area contributed by atoms with Crippen molar-refractivity contribution in [2.45, 2.75) is 65.6 Å². The Morgan fingerprint density at radius 2 is 2.17 bits per heavy atom. The van der Waals surface area contributed by atoms with Gasteiger partial charge in [0, 0.05) is 12.1 Å². The van der Waals surface area contributed by atoms with Crippen LogP contribution in [0.2, 0.25) is 0 Å². The van der Waals surface area contributed by atoms with E-state index < -0.39 is 0 Å². The van der Waals surface area contributed by atoms with Crippen LogP contribution in [0.25, 0.3) is 0 Å². The third-order valence-corrected chi connectivity index (χ3v) is 4.37. The first-order valence-electron chi connectivity index (χ1n) is 7.21. The zero-order valence-electron chi connectivity index (χ0n) is 12.1. The molecule has 0 radical (unpaired) electrons. The van der Waals surface area contributed by atoms with Crippen LogP contribution in [-0.2, 0) is 6.54 Å². The standard InChI is InChI=1S/C14H26N4/c1-10(2)18-14(16-9-17-18)8-15-13-7-5-6-11(3)12(13)4/h9-13,15H,5-8H2,1-4H3. The molecule has 0 aliphatic heterocycles. The second-order valence-corrected chi connectivity index (χ2v) is 5.97. The molecule has 3 unspecified atom stereocenters. The minimum Gasteiger partial charge on any atom is -0.307 e. The molecule has 1 aliphatic carbocycles. The van der Waals surface area contributed by atoms with Crippen LogP contribution >= 0.6 is 0 Å². The summed E-state index contributed by atoms with van der Waals surface area (Å²) in [4.78, 5) is 4.36. The number of nitrogens with one attached hydrogen (secondary N) is 1. The predicted molar refractivity (Wildman–Crippen MR) is 73.2 cm³/mol. The highest BCUT2D eigenvalue weighted by Gasteiger charge is 2.26. The molecule has 2 rings (SSSR count). The van der Waals surface area contributed by atoms with Crippen LogP contribution in [0.15, 0.2) is 6.33 Å². The molecule has 0 saturated heterocycles. The van der Waals surface area contributed by atoms with Gasteiger partial charge in [-0.3, -0.25) is 0 Å². The molecular formula is C14H26N4. The van der Waals surface area contributed by atoms with Crippen molar-refractivity contribution < 1.29 is 0 Å². The van der Waals surface area contributed by atoms with E-state index >= 15 is 0 Å². The van der Waals surface area contributed by atoms with Gasteiger partial charge in [-0.05, 0) is 32.1 Å². The maximum Gasteiger partial charge on any atom is 0.141 e. The fourth-order valence-corrected chi connectivity index (χ4v) is 2.92. The monoisotopic (exact) mass is 250 g/mol. The van der Waals surface area contributed by atoms with Crippen molar-refractivity contribution in [2.24, 2.45) is 11.8 Å². The van der Waals surface area contributed by atoms with Gasteiger partial charge in [0.05, 0.1) is 6.54 Å². The van der Waals surface area contributed by atoms with Crippen LogP contribution in [0.4, 0.5) is 0 Å². The lowest BCUT2D eigenvalue weighted by atomic mass is 9.78. The number of hydrogen-bond acceptors (Lipinski definition) is 3. The van der Waals surface area contributed by atoms with Crippen molar-refractivity contribution >= 4 is 0 Å². The van der Waals surface area contributed by atoms with Gasteiger partial charge >= 0.3 is 0 Å². The summed E-state index contributed by atoms with van der Waals surface area (Å²) in [5.74, 6) is 2.64. The van der Waals surface area contributed by atoms with Crippen molar-refractivity contribution in [3.05, 3.63) is 12.2 Å². The van der Waals surface area contributed by atoms with Gasteiger partial charge < -0.3 is 5.32 Å². The lowest BCUT2D eigenvalue weighted by Gasteiger charge is -2.34. The topological polar surface area (TPSA) is 42.7 Å². The van der Waals surface area contributed by atoms with Crippen molar-refractivity contribution in [3.8, 4) is 0 Å². The normalized spacial score (nSPS) is 28.8. The summed E-state index contributed by atoms with van der Waals surface area (Å²) in [5.41, 5.74) is 0. The first-order valence-corrected chi connectivity index (χ1v) is 7.21. The summed E-state index contributed by atoms with van der Waals surface area (Å²) in [5, 5.41) is 7.96. The molecule has 1 N–H and O–H groups in total. The van der Waals surface area contributed by atoms with Gasteiger partial charge in [-0.25, -0.2) is 9.67 Å². The average Bonchev–Trinajstić information content (AvgIpc) is 2.79. The van der Waals surface area contributed by atoms with E-state index in [2.05, 4.69) is 43.1 Å². The molecule has 3 atom stereocenters. The highest BCUT2D eigenvalue weighted by Crippen LogP contribution is 2.29. The van der Waals surface area contributed by atoms with Gasteiger partial charge in [-0.1, -0.05) is 26.7 Å². The van der Waals surface area contributed by atoms with E-state index in [1.54, 1.807) is 6.33 Å². The third-order valence-electron chi connectivity index (χ3n) is 4.37. The third kappa shape index (κ3) is 2.91. The average molecular weight is 250 g/mol. The minimum absolute atomic E-state index is 0.381. The van der Waals surface area contributed by atoms with E-state index in [1.165, 1.54) is 19.3 Å². The number of nitrogens with zero attached hydrogens (tertiary/aromatic N) is 3. The van der Waals surface area contributed by atoms with E-state index in [9.17, 15) is 0 Å². The Balaban J connectivity index is 1.92. The van der Waals surface area contributed by atoms with Crippen LogP contribution in [0, 0.1) is 11.8 Å². The molecule has 102 valence electrons. The van der Waals surface area contributed by atoms with Gasteiger partial charge in [0.2, 0.25) is 0 Å². The largest absolute Gasteiger partial charge is 0.307 e.